The number of amides is 1. The molecule has 2 aliphatic carbocycles. The van der Waals surface area contributed by atoms with E-state index in [-0.39, 0.29) is 17.8 Å². The van der Waals surface area contributed by atoms with E-state index in [4.69, 9.17) is 9.47 Å². The summed E-state index contributed by atoms with van der Waals surface area (Å²) in [5, 5.41) is 0. The number of anilines is 1. The molecule has 1 amide bonds. The van der Waals surface area contributed by atoms with Crippen molar-refractivity contribution in [2.45, 2.75) is 57.2 Å². The maximum absolute atomic E-state index is 14.4. The fraction of sp³-hybridized carbons (Fsp3) is 0.435. The molecule has 0 bridgehead atoms. The molecule has 3 aliphatic rings. The Morgan fingerprint density at radius 1 is 1.03 bits per heavy atom. The fourth-order valence-electron chi connectivity index (χ4n) is 4.52. The van der Waals surface area contributed by atoms with Gasteiger partial charge in [0.25, 0.3) is 5.91 Å². The largest absolute Gasteiger partial charge is 0.479 e. The van der Waals surface area contributed by atoms with Crippen LogP contribution in [0.25, 0.3) is 0 Å². The van der Waals surface area contributed by atoms with Crippen LogP contribution < -0.4 is 14.4 Å². The normalized spacial score (nSPS) is 21.4. The highest BCUT2D eigenvalue weighted by Gasteiger charge is 2.36. The molecule has 2 heterocycles. The number of rotatable bonds is 5. The number of aromatic nitrogens is 1. The van der Waals surface area contributed by atoms with Crippen molar-refractivity contribution in [3.63, 3.8) is 0 Å². The third-order valence-electron chi connectivity index (χ3n) is 6.13. The summed E-state index contributed by atoms with van der Waals surface area (Å²) in [4.78, 5) is 30.6. The second-order valence-corrected chi connectivity index (χ2v) is 8.12. The first-order valence-corrected chi connectivity index (χ1v) is 10.5. The molecule has 1 saturated heterocycles. The van der Waals surface area contributed by atoms with Gasteiger partial charge in [-0.05, 0) is 55.9 Å². The maximum Gasteiger partial charge on any atom is 0.268 e. The van der Waals surface area contributed by atoms with Crippen molar-refractivity contribution in [2.75, 3.05) is 11.4 Å². The number of hydrogen-bond acceptors (Lipinski definition) is 5. The van der Waals surface area contributed by atoms with E-state index in [1.165, 1.54) is 23.8 Å². The van der Waals surface area contributed by atoms with Crippen LogP contribution in [0.3, 0.4) is 0 Å². The van der Waals surface area contributed by atoms with Gasteiger partial charge in [-0.1, -0.05) is 0 Å². The molecule has 2 fully saturated rings. The van der Waals surface area contributed by atoms with Gasteiger partial charge in [0.15, 0.2) is 11.9 Å². The molecule has 1 aromatic heterocycles. The first kappa shape index (κ1) is 19.0. The summed E-state index contributed by atoms with van der Waals surface area (Å²) < 4.78 is 26.1. The molecule has 1 saturated carbocycles. The lowest BCUT2D eigenvalue weighted by atomic mass is 10.1. The number of Topliss-reactive ketones (excluding diaryl/α,β-unsaturated/α-hetero) is 1. The van der Waals surface area contributed by atoms with Crippen molar-refractivity contribution in [1.82, 2.24) is 4.98 Å². The maximum atomic E-state index is 14.4. The number of carbonyl (C=O) groups is 2. The molecule has 1 aliphatic heterocycles. The van der Waals surface area contributed by atoms with Gasteiger partial charge in [-0.25, -0.2) is 9.37 Å². The van der Waals surface area contributed by atoms with Crippen LogP contribution in [0.4, 0.5) is 10.1 Å². The van der Waals surface area contributed by atoms with Gasteiger partial charge < -0.3 is 14.4 Å². The first-order valence-electron chi connectivity index (χ1n) is 10.5. The summed E-state index contributed by atoms with van der Waals surface area (Å²) in [6, 6.07) is 6.48. The van der Waals surface area contributed by atoms with Gasteiger partial charge in [-0.2, -0.15) is 0 Å². The highest BCUT2D eigenvalue weighted by molar-refractivity contribution is 6.04. The van der Waals surface area contributed by atoms with Crippen LogP contribution in [-0.4, -0.2) is 35.4 Å². The third kappa shape index (κ3) is 3.53. The number of nitrogens with zero attached hydrogens (tertiary/aromatic N) is 2. The molecule has 1 aromatic carbocycles. The lowest BCUT2D eigenvalue weighted by molar-refractivity contribution is -0.122. The van der Waals surface area contributed by atoms with Crippen LogP contribution >= 0.6 is 0 Å². The number of pyridine rings is 1. The number of halogens is 1. The SMILES string of the molecule is O=C1CCc2c(F)cc(N3CCC(Oc4ccc(OC5CCCC5)nc4)C3=O)cc21. The summed E-state index contributed by atoms with van der Waals surface area (Å²) in [7, 11) is 0. The van der Waals surface area contributed by atoms with E-state index < -0.39 is 11.9 Å². The number of ether oxygens (including phenoxy) is 2. The topological polar surface area (TPSA) is 68.7 Å². The Hall–Kier alpha value is -2.96. The van der Waals surface area contributed by atoms with E-state index in [1.54, 1.807) is 24.4 Å². The van der Waals surface area contributed by atoms with Crippen LogP contribution in [0.5, 0.6) is 11.6 Å². The number of fused-ring (bicyclic) bond motifs is 1. The summed E-state index contributed by atoms with van der Waals surface area (Å²) in [5.74, 6) is 0.311. The van der Waals surface area contributed by atoms with Crippen molar-refractivity contribution in [1.29, 1.82) is 0 Å². The Balaban J connectivity index is 1.26. The zero-order chi connectivity index (χ0) is 20.7. The van der Waals surface area contributed by atoms with Crippen molar-refractivity contribution in [2.24, 2.45) is 0 Å². The summed E-state index contributed by atoms with van der Waals surface area (Å²) in [6.07, 6.45) is 6.84. The van der Waals surface area contributed by atoms with Gasteiger partial charge in [-0.3, -0.25) is 9.59 Å². The van der Waals surface area contributed by atoms with Gasteiger partial charge in [0.05, 0.1) is 6.20 Å². The quantitative estimate of drug-likeness (QED) is 0.749. The Bertz CT molecular complexity index is 985. The van der Waals surface area contributed by atoms with Crippen LogP contribution in [-0.2, 0) is 11.2 Å². The number of hydrogen-bond donors (Lipinski definition) is 0. The van der Waals surface area contributed by atoms with Crippen molar-refractivity contribution >= 4 is 17.4 Å². The summed E-state index contributed by atoms with van der Waals surface area (Å²) in [6.45, 7) is 0.409. The molecule has 1 unspecified atom stereocenters. The molecule has 5 rings (SSSR count). The summed E-state index contributed by atoms with van der Waals surface area (Å²) >= 11 is 0. The van der Waals surface area contributed by atoms with E-state index in [9.17, 15) is 14.0 Å². The zero-order valence-electron chi connectivity index (χ0n) is 16.6. The Morgan fingerprint density at radius 2 is 1.87 bits per heavy atom. The van der Waals surface area contributed by atoms with Crippen molar-refractivity contribution < 1.29 is 23.5 Å². The van der Waals surface area contributed by atoms with E-state index in [2.05, 4.69) is 4.98 Å². The molecule has 6 nitrogen and oxygen atoms in total. The van der Waals surface area contributed by atoms with Crippen LogP contribution in [0.15, 0.2) is 30.5 Å². The zero-order valence-corrected chi connectivity index (χ0v) is 16.6. The Labute approximate surface area is 174 Å². The van der Waals surface area contributed by atoms with Gasteiger partial charge in [0.2, 0.25) is 5.88 Å². The smallest absolute Gasteiger partial charge is 0.268 e. The van der Waals surface area contributed by atoms with Gasteiger partial charge in [-0.15, -0.1) is 0 Å². The molecular formula is C23H23FN2O4. The number of carbonyl (C=O) groups excluding carboxylic acids is 2. The van der Waals surface area contributed by atoms with Gasteiger partial charge in [0, 0.05) is 36.7 Å². The fourth-order valence-corrected chi connectivity index (χ4v) is 4.52. The summed E-state index contributed by atoms with van der Waals surface area (Å²) in [5.41, 5.74) is 1.26. The average Bonchev–Trinajstić information content (AvgIpc) is 3.46. The van der Waals surface area contributed by atoms with E-state index in [0.29, 0.717) is 54.3 Å². The van der Waals surface area contributed by atoms with Crippen molar-refractivity contribution in [3.8, 4) is 11.6 Å². The van der Waals surface area contributed by atoms with Crippen LogP contribution in [0.2, 0.25) is 0 Å². The molecule has 0 radical (unpaired) electrons. The predicted octanol–water partition coefficient (Wildman–Crippen LogP) is 3.86. The minimum atomic E-state index is -0.666. The number of ketones is 1. The lowest BCUT2D eigenvalue weighted by Gasteiger charge is -2.18. The number of benzene rings is 1. The molecule has 2 aromatic rings. The average molecular weight is 410 g/mol. The van der Waals surface area contributed by atoms with Gasteiger partial charge in [0.1, 0.15) is 17.7 Å². The van der Waals surface area contributed by atoms with Crippen molar-refractivity contribution in [3.05, 3.63) is 47.4 Å². The van der Waals surface area contributed by atoms with E-state index in [1.807, 2.05) is 0 Å². The molecular weight excluding hydrogens is 387 g/mol. The predicted molar refractivity (Wildman–Crippen MR) is 108 cm³/mol. The minimum Gasteiger partial charge on any atom is -0.479 e. The molecule has 0 N–H and O–H groups in total. The monoisotopic (exact) mass is 410 g/mol. The van der Waals surface area contributed by atoms with Crippen LogP contribution in [0, 0.1) is 5.82 Å². The third-order valence-corrected chi connectivity index (χ3v) is 6.13. The highest BCUT2D eigenvalue weighted by Crippen LogP contribution is 2.32. The van der Waals surface area contributed by atoms with E-state index in [0.717, 1.165) is 12.8 Å². The lowest BCUT2D eigenvalue weighted by Crippen LogP contribution is -2.32. The molecule has 0 spiro atoms. The Morgan fingerprint density at radius 3 is 2.63 bits per heavy atom. The molecule has 7 heteroatoms. The Kier molecular flexibility index (Phi) is 4.89. The molecule has 156 valence electrons. The van der Waals surface area contributed by atoms with Crippen LogP contribution in [0.1, 0.15) is 54.4 Å². The second-order valence-electron chi connectivity index (χ2n) is 8.12. The standard InChI is InChI=1S/C23H23FN2O4/c24-19-12-14(11-18-17(19)6-7-20(18)27)26-10-9-21(23(26)28)29-16-5-8-22(25-13-16)30-15-3-1-2-4-15/h5,8,11-13,15,21H,1-4,6-7,9-10H2. The molecule has 30 heavy (non-hydrogen) atoms. The van der Waals surface area contributed by atoms with Gasteiger partial charge >= 0.3 is 0 Å². The first-order chi connectivity index (χ1) is 14.6. The van der Waals surface area contributed by atoms with E-state index >= 15 is 0 Å². The minimum absolute atomic E-state index is 0.0730. The molecule has 1 atom stereocenters. The highest BCUT2D eigenvalue weighted by atomic mass is 19.1. The second kappa shape index (κ2) is 7.70.